The second kappa shape index (κ2) is 4.63. The van der Waals surface area contributed by atoms with Gasteiger partial charge in [-0.1, -0.05) is 6.07 Å². The minimum absolute atomic E-state index is 0.802. The highest BCUT2D eigenvalue weighted by Crippen LogP contribution is 2.26. The number of imidazole rings is 1. The van der Waals surface area contributed by atoms with Crippen LogP contribution in [0.3, 0.4) is 0 Å². The predicted molar refractivity (Wildman–Crippen MR) is 80.0 cm³/mol. The molecule has 3 rings (SSSR count). The summed E-state index contributed by atoms with van der Waals surface area (Å²) in [6.07, 6.45) is 0. The average molecular weight is 267 g/mol. The Hall–Kier alpha value is -2.36. The molecule has 20 heavy (non-hydrogen) atoms. The first-order valence-corrected chi connectivity index (χ1v) is 6.54. The molecule has 0 radical (unpaired) electrons. The third kappa shape index (κ3) is 2.03. The molecule has 0 aliphatic carbocycles. The predicted octanol–water partition coefficient (Wildman–Crippen LogP) is 3.26. The lowest BCUT2D eigenvalue weighted by Gasteiger charge is -2.06. The molecule has 0 saturated carbocycles. The monoisotopic (exact) mass is 267 g/mol. The van der Waals surface area contributed by atoms with Gasteiger partial charge in [0.2, 0.25) is 0 Å². The smallest absolute Gasteiger partial charge is 0.159 e. The highest BCUT2D eigenvalue weighted by Gasteiger charge is 2.12. The van der Waals surface area contributed by atoms with Gasteiger partial charge in [0.15, 0.2) is 5.82 Å². The molecule has 0 saturated heterocycles. The van der Waals surface area contributed by atoms with Gasteiger partial charge in [0.25, 0.3) is 0 Å². The highest BCUT2D eigenvalue weighted by molar-refractivity contribution is 5.80. The van der Waals surface area contributed by atoms with E-state index in [2.05, 4.69) is 34.7 Å². The first-order valence-electron chi connectivity index (χ1n) is 6.54. The first kappa shape index (κ1) is 12.7. The molecule has 0 atom stereocenters. The Bertz CT molecular complexity index is 790. The van der Waals surface area contributed by atoms with E-state index in [0.29, 0.717) is 0 Å². The zero-order valence-electron chi connectivity index (χ0n) is 12.1. The van der Waals surface area contributed by atoms with E-state index in [0.717, 1.165) is 34.0 Å². The minimum Gasteiger partial charge on any atom is -0.497 e. The van der Waals surface area contributed by atoms with E-state index >= 15 is 0 Å². The summed E-state index contributed by atoms with van der Waals surface area (Å²) in [6.45, 7) is 4.03. The Labute approximate surface area is 118 Å². The van der Waals surface area contributed by atoms with Gasteiger partial charge in [0.1, 0.15) is 11.4 Å². The van der Waals surface area contributed by atoms with Gasteiger partial charge in [-0.2, -0.15) is 0 Å². The molecule has 0 bridgehead atoms. The Balaban J connectivity index is 2.24. The summed E-state index contributed by atoms with van der Waals surface area (Å²) in [4.78, 5) is 9.27. The van der Waals surface area contributed by atoms with Gasteiger partial charge in [-0.15, -0.1) is 0 Å². The Kier molecular flexibility index (Phi) is 2.93. The zero-order valence-corrected chi connectivity index (χ0v) is 12.1. The molecule has 0 aliphatic rings. The zero-order chi connectivity index (χ0) is 14.3. The fourth-order valence-corrected chi connectivity index (χ4v) is 2.41. The maximum absolute atomic E-state index is 5.31. The van der Waals surface area contributed by atoms with Crippen molar-refractivity contribution in [3.63, 3.8) is 0 Å². The molecule has 0 aliphatic heterocycles. The maximum Gasteiger partial charge on any atom is 0.159 e. The van der Waals surface area contributed by atoms with Crippen molar-refractivity contribution in [1.82, 2.24) is 14.5 Å². The van der Waals surface area contributed by atoms with Crippen LogP contribution in [0.1, 0.15) is 11.3 Å². The summed E-state index contributed by atoms with van der Waals surface area (Å²) in [5.41, 5.74) is 5.05. The molecule has 0 spiro atoms. The van der Waals surface area contributed by atoms with Crippen LogP contribution in [0.15, 0.2) is 30.3 Å². The Morgan fingerprint density at radius 1 is 1.05 bits per heavy atom. The maximum atomic E-state index is 5.31. The van der Waals surface area contributed by atoms with Crippen LogP contribution >= 0.6 is 0 Å². The van der Waals surface area contributed by atoms with E-state index in [1.807, 2.05) is 26.1 Å². The molecular weight excluding hydrogens is 250 g/mol. The molecule has 3 aromatic rings. The van der Waals surface area contributed by atoms with Crippen molar-refractivity contribution < 1.29 is 4.74 Å². The number of hydrogen-bond acceptors (Lipinski definition) is 3. The van der Waals surface area contributed by atoms with Crippen molar-refractivity contribution in [2.75, 3.05) is 7.11 Å². The van der Waals surface area contributed by atoms with Crippen LogP contribution < -0.4 is 4.74 Å². The van der Waals surface area contributed by atoms with Gasteiger partial charge in [-0.25, -0.2) is 9.97 Å². The summed E-state index contributed by atoms with van der Waals surface area (Å²) in [5.74, 6) is 1.66. The van der Waals surface area contributed by atoms with Crippen LogP contribution in [0.2, 0.25) is 0 Å². The first-order chi connectivity index (χ1) is 9.58. The standard InChI is InChI=1S/C16H17N3O/c1-10-5-6-15-13(7-10)18-16(19(15)3)14-9-12(20-4)8-11(2)17-14/h5-9H,1-4H3. The summed E-state index contributed by atoms with van der Waals surface area (Å²) < 4.78 is 7.38. The van der Waals surface area contributed by atoms with Gasteiger partial charge >= 0.3 is 0 Å². The number of hydrogen-bond donors (Lipinski definition) is 0. The van der Waals surface area contributed by atoms with Crippen molar-refractivity contribution in [2.45, 2.75) is 13.8 Å². The summed E-state index contributed by atoms with van der Waals surface area (Å²) in [6, 6.07) is 10.1. The van der Waals surface area contributed by atoms with Gasteiger partial charge in [-0.3, -0.25) is 0 Å². The molecule has 2 heterocycles. The number of methoxy groups -OCH3 is 1. The molecule has 0 amide bonds. The highest BCUT2D eigenvalue weighted by atomic mass is 16.5. The van der Waals surface area contributed by atoms with Crippen molar-refractivity contribution in [2.24, 2.45) is 7.05 Å². The number of pyridine rings is 1. The number of fused-ring (bicyclic) bond motifs is 1. The van der Waals surface area contributed by atoms with Gasteiger partial charge < -0.3 is 9.30 Å². The fourth-order valence-electron chi connectivity index (χ4n) is 2.41. The van der Waals surface area contributed by atoms with Gasteiger partial charge in [-0.05, 0) is 31.5 Å². The lowest BCUT2D eigenvalue weighted by molar-refractivity contribution is 0.414. The van der Waals surface area contributed by atoms with Crippen molar-refractivity contribution >= 4 is 11.0 Å². The van der Waals surface area contributed by atoms with Crippen LogP contribution in [-0.2, 0) is 7.05 Å². The Morgan fingerprint density at radius 3 is 2.60 bits per heavy atom. The minimum atomic E-state index is 0.802. The quantitative estimate of drug-likeness (QED) is 0.715. The molecule has 0 N–H and O–H groups in total. The summed E-state index contributed by atoms with van der Waals surface area (Å²) in [5, 5.41) is 0. The number of benzene rings is 1. The van der Waals surface area contributed by atoms with E-state index in [1.165, 1.54) is 5.56 Å². The summed E-state index contributed by atoms with van der Waals surface area (Å²) >= 11 is 0. The molecule has 102 valence electrons. The SMILES string of the molecule is COc1cc(C)nc(-c2nc3cc(C)ccc3n2C)c1. The third-order valence-electron chi connectivity index (χ3n) is 3.43. The van der Waals surface area contributed by atoms with E-state index in [9.17, 15) is 0 Å². The lowest BCUT2D eigenvalue weighted by atomic mass is 10.2. The van der Waals surface area contributed by atoms with Crippen molar-refractivity contribution in [1.29, 1.82) is 0 Å². The fraction of sp³-hybridized carbons (Fsp3) is 0.250. The third-order valence-corrected chi connectivity index (χ3v) is 3.43. The van der Waals surface area contributed by atoms with E-state index in [-0.39, 0.29) is 0 Å². The van der Waals surface area contributed by atoms with E-state index < -0.39 is 0 Å². The molecule has 1 aromatic carbocycles. The van der Waals surface area contributed by atoms with Crippen molar-refractivity contribution in [3.8, 4) is 17.3 Å². The second-order valence-corrected chi connectivity index (χ2v) is 5.02. The largest absolute Gasteiger partial charge is 0.497 e. The summed E-state index contributed by atoms with van der Waals surface area (Å²) in [7, 11) is 3.67. The van der Waals surface area contributed by atoms with Gasteiger partial charge in [0.05, 0.1) is 18.1 Å². The number of rotatable bonds is 2. The molecule has 0 unspecified atom stereocenters. The number of ether oxygens (including phenoxy) is 1. The second-order valence-electron chi connectivity index (χ2n) is 5.02. The Morgan fingerprint density at radius 2 is 1.85 bits per heavy atom. The molecule has 4 nitrogen and oxygen atoms in total. The van der Waals surface area contributed by atoms with Crippen molar-refractivity contribution in [3.05, 3.63) is 41.6 Å². The van der Waals surface area contributed by atoms with Crippen LogP contribution in [0.4, 0.5) is 0 Å². The molecular formula is C16H17N3O. The van der Waals surface area contributed by atoms with Crippen LogP contribution in [0, 0.1) is 13.8 Å². The lowest BCUT2D eigenvalue weighted by Crippen LogP contribution is -1.97. The van der Waals surface area contributed by atoms with E-state index in [1.54, 1.807) is 7.11 Å². The number of aromatic nitrogens is 3. The van der Waals surface area contributed by atoms with E-state index in [4.69, 9.17) is 9.72 Å². The molecule has 4 heteroatoms. The molecule has 2 aromatic heterocycles. The number of aryl methyl sites for hydroxylation is 3. The topological polar surface area (TPSA) is 39.9 Å². The van der Waals surface area contributed by atoms with Crippen LogP contribution in [-0.4, -0.2) is 21.6 Å². The number of nitrogens with zero attached hydrogens (tertiary/aromatic N) is 3. The molecule has 0 fully saturated rings. The normalized spacial score (nSPS) is 11.0. The van der Waals surface area contributed by atoms with Crippen LogP contribution in [0.25, 0.3) is 22.6 Å². The average Bonchev–Trinajstić information content (AvgIpc) is 2.74. The van der Waals surface area contributed by atoms with Gasteiger partial charge in [0, 0.05) is 24.9 Å². The van der Waals surface area contributed by atoms with Crippen LogP contribution in [0.5, 0.6) is 5.75 Å².